The summed E-state index contributed by atoms with van der Waals surface area (Å²) in [6.07, 6.45) is 28.2. The number of aryl methyl sites for hydroxylation is 2. The van der Waals surface area contributed by atoms with E-state index in [2.05, 4.69) is 26.0 Å². The first-order valence-corrected chi connectivity index (χ1v) is 14.7. The third kappa shape index (κ3) is 14.5. The van der Waals surface area contributed by atoms with Crippen molar-refractivity contribution in [2.24, 2.45) is 0 Å². The lowest BCUT2D eigenvalue weighted by Gasteiger charge is -2.10. The third-order valence-corrected chi connectivity index (χ3v) is 7.17. The molecule has 0 heterocycles. The molecule has 1 aromatic rings. The molecule has 34 heavy (non-hydrogen) atoms. The van der Waals surface area contributed by atoms with Crippen LogP contribution in [-0.4, -0.2) is 0 Å². The topological polar surface area (TPSA) is 47.6 Å². The molecular formula is C32H52N2. The van der Waals surface area contributed by atoms with Crippen molar-refractivity contribution in [1.82, 2.24) is 0 Å². The lowest BCUT2D eigenvalue weighted by atomic mass is 9.93. The van der Waals surface area contributed by atoms with Gasteiger partial charge in [0.2, 0.25) is 0 Å². The number of unbranched alkanes of at least 4 members (excludes halogenated alkanes) is 18. The lowest BCUT2D eigenvalue weighted by Crippen LogP contribution is -1.99. The van der Waals surface area contributed by atoms with Crippen LogP contribution in [0.15, 0.2) is 12.1 Å². The van der Waals surface area contributed by atoms with E-state index in [1.807, 2.05) is 12.1 Å². The van der Waals surface area contributed by atoms with Crippen LogP contribution < -0.4 is 0 Å². The minimum absolute atomic E-state index is 0.789. The Balaban J connectivity index is 2.29. The number of benzene rings is 1. The van der Waals surface area contributed by atoms with E-state index in [9.17, 15) is 10.5 Å². The van der Waals surface area contributed by atoms with Crippen LogP contribution in [0.4, 0.5) is 0 Å². The number of nitrogens with zero attached hydrogens (tertiary/aromatic N) is 2. The zero-order chi connectivity index (χ0) is 24.7. The van der Waals surface area contributed by atoms with Gasteiger partial charge in [-0.25, -0.2) is 0 Å². The summed E-state index contributed by atoms with van der Waals surface area (Å²) in [4.78, 5) is 0. The summed E-state index contributed by atoms with van der Waals surface area (Å²) in [5.41, 5.74) is 3.73. The molecule has 0 spiro atoms. The zero-order valence-corrected chi connectivity index (χ0v) is 22.6. The van der Waals surface area contributed by atoms with Gasteiger partial charge in [0.15, 0.2) is 0 Å². The normalized spacial score (nSPS) is 10.8. The highest BCUT2D eigenvalue weighted by molar-refractivity contribution is 5.49. The standard InChI is InChI=1S/C32H52N2/c1-3-5-7-9-11-13-15-17-19-21-23-29-25-32(28-34)30(26-31(29)27-33)24-22-20-18-16-14-12-10-8-6-4-2/h25-26H,3-24H2,1-2H3. The van der Waals surface area contributed by atoms with Gasteiger partial charge >= 0.3 is 0 Å². The molecule has 0 atom stereocenters. The maximum atomic E-state index is 9.68. The van der Waals surface area contributed by atoms with Crippen molar-refractivity contribution in [2.45, 2.75) is 155 Å². The van der Waals surface area contributed by atoms with Gasteiger partial charge in [0.25, 0.3) is 0 Å². The molecule has 0 unspecified atom stereocenters. The quantitative estimate of drug-likeness (QED) is 0.160. The van der Waals surface area contributed by atoms with Crippen LogP contribution in [0.1, 0.15) is 165 Å². The Labute approximate surface area is 212 Å². The van der Waals surface area contributed by atoms with Gasteiger partial charge in [-0.3, -0.25) is 0 Å². The van der Waals surface area contributed by atoms with Gasteiger partial charge in [0.1, 0.15) is 0 Å². The first-order chi connectivity index (χ1) is 16.8. The van der Waals surface area contributed by atoms with Gasteiger partial charge in [0.05, 0.1) is 23.3 Å². The molecule has 0 N–H and O–H groups in total. The Morgan fingerprint density at radius 1 is 0.441 bits per heavy atom. The molecule has 2 nitrogen and oxygen atoms in total. The smallest absolute Gasteiger partial charge is 0.0994 e. The number of hydrogen-bond donors (Lipinski definition) is 0. The first kappa shape index (κ1) is 30.2. The van der Waals surface area contributed by atoms with Gasteiger partial charge in [-0.1, -0.05) is 129 Å². The van der Waals surface area contributed by atoms with Crippen LogP contribution in [0.25, 0.3) is 0 Å². The Morgan fingerprint density at radius 3 is 0.971 bits per heavy atom. The molecule has 0 aromatic heterocycles. The molecule has 1 rings (SSSR count). The second-order valence-corrected chi connectivity index (χ2v) is 10.3. The second kappa shape index (κ2) is 21.7. The molecule has 190 valence electrons. The van der Waals surface area contributed by atoms with Crippen LogP contribution in [0, 0.1) is 22.7 Å². The molecule has 0 fully saturated rings. The molecule has 0 saturated carbocycles. The number of hydrogen-bond acceptors (Lipinski definition) is 2. The molecule has 0 amide bonds. The molecule has 1 aromatic carbocycles. The predicted octanol–water partition coefficient (Wildman–Crippen LogP) is 10.4. The number of nitriles is 2. The SMILES string of the molecule is CCCCCCCCCCCCc1cc(C#N)c(CCCCCCCCCCCC)cc1C#N. The van der Waals surface area contributed by atoms with E-state index in [0.29, 0.717) is 0 Å². The van der Waals surface area contributed by atoms with E-state index in [-0.39, 0.29) is 0 Å². The van der Waals surface area contributed by atoms with E-state index in [1.165, 1.54) is 116 Å². The summed E-state index contributed by atoms with van der Waals surface area (Å²) in [5, 5.41) is 19.4. The van der Waals surface area contributed by atoms with Crippen LogP contribution in [0.3, 0.4) is 0 Å². The van der Waals surface area contributed by atoms with Gasteiger partial charge in [-0.2, -0.15) is 10.5 Å². The Hall–Kier alpha value is -1.80. The van der Waals surface area contributed by atoms with Gasteiger partial charge in [-0.15, -0.1) is 0 Å². The van der Waals surface area contributed by atoms with Crippen LogP contribution >= 0.6 is 0 Å². The Morgan fingerprint density at radius 2 is 0.706 bits per heavy atom. The minimum atomic E-state index is 0.789. The monoisotopic (exact) mass is 464 g/mol. The summed E-state index contributed by atoms with van der Waals surface area (Å²) >= 11 is 0. The summed E-state index contributed by atoms with van der Waals surface area (Å²) in [7, 11) is 0. The van der Waals surface area contributed by atoms with Crippen molar-refractivity contribution in [3.05, 3.63) is 34.4 Å². The van der Waals surface area contributed by atoms with E-state index < -0.39 is 0 Å². The Bertz CT molecular complexity index is 645. The summed E-state index contributed by atoms with van der Waals surface area (Å²) in [5.74, 6) is 0. The van der Waals surface area contributed by atoms with E-state index >= 15 is 0 Å². The lowest BCUT2D eigenvalue weighted by molar-refractivity contribution is 0.555. The third-order valence-electron chi connectivity index (χ3n) is 7.17. The van der Waals surface area contributed by atoms with Gasteiger partial charge < -0.3 is 0 Å². The minimum Gasteiger partial charge on any atom is -0.192 e. The van der Waals surface area contributed by atoms with Crippen molar-refractivity contribution in [3.8, 4) is 12.1 Å². The predicted molar refractivity (Wildman–Crippen MR) is 147 cm³/mol. The van der Waals surface area contributed by atoms with E-state index in [4.69, 9.17) is 0 Å². The molecule has 0 aliphatic rings. The molecule has 0 radical (unpaired) electrons. The van der Waals surface area contributed by atoms with Crippen molar-refractivity contribution >= 4 is 0 Å². The fourth-order valence-corrected chi connectivity index (χ4v) is 4.92. The molecule has 0 aliphatic carbocycles. The molecular weight excluding hydrogens is 412 g/mol. The average molecular weight is 465 g/mol. The van der Waals surface area contributed by atoms with Crippen LogP contribution in [0.2, 0.25) is 0 Å². The Kier molecular flexibility index (Phi) is 19.3. The van der Waals surface area contributed by atoms with Crippen LogP contribution in [0.5, 0.6) is 0 Å². The molecule has 0 saturated heterocycles. The second-order valence-electron chi connectivity index (χ2n) is 10.3. The highest BCUT2D eigenvalue weighted by Gasteiger charge is 2.10. The number of rotatable bonds is 22. The van der Waals surface area contributed by atoms with Crippen molar-refractivity contribution in [2.75, 3.05) is 0 Å². The van der Waals surface area contributed by atoms with Gasteiger partial charge in [0, 0.05) is 0 Å². The first-order valence-electron chi connectivity index (χ1n) is 14.7. The van der Waals surface area contributed by atoms with Crippen molar-refractivity contribution in [3.63, 3.8) is 0 Å². The van der Waals surface area contributed by atoms with Crippen LogP contribution in [-0.2, 0) is 12.8 Å². The van der Waals surface area contributed by atoms with E-state index in [1.54, 1.807) is 0 Å². The fourth-order valence-electron chi connectivity index (χ4n) is 4.92. The fraction of sp³-hybridized carbons (Fsp3) is 0.750. The summed E-state index contributed by atoms with van der Waals surface area (Å²) in [6.45, 7) is 4.53. The summed E-state index contributed by atoms with van der Waals surface area (Å²) in [6, 6.07) is 8.83. The summed E-state index contributed by atoms with van der Waals surface area (Å²) < 4.78 is 0. The molecule has 0 bridgehead atoms. The highest BCUT2D eigenvalue weighted by atomic mass is 14.3. The maximum absolute atomic E-state index is 9.68. The highest BCUT2D eigenvalue weighted by Crippen LogP contribution is 2.22. The average Bonchev–Trinajstić information content (AvgIpc) is 2.86. The van der Waals surface area contributed by atoms with Crippen molar-refractivity contribution < 1.29 is 0 Å². The molecule has 2 heteroatoms. The van der Waals surface area contributed by atoms with E-state index in [0.717, 1.165) is 47.9 Å². The maximum Gasteiger partial charge on any atom is 0.0994 e. The van der Waals surface area contributed by atoms with Crippen molar-refractivity contribution in [1.29, 1.82) is 10.5 Å². The molecule has 0 aliphatic heterocycles. The van der Waals surface area contributed by atoms with Gasteiger partial charge in [-0.05, 0) is 48.9 Å². The zero-order valence-electron chi connectivity index (χ0n) is 22.6. The largest absolute Gasteiger partial charge is 0.192 e.